The van der Waals surface area contributed by atoms with Gasteiger partial charge in [-0.2, -0.15) is 5.26 Å². The van der Waals surface area contributed by atoms with Gasteiger partial charge < -0.3 is 5.73 Å². The van der Waals surface area contributed by atoms with Crippen molar-refractivity contribution in [1.82, 2.24) is 0 Å². The Labute approximate surface area is 82.8 Å². The van der Waals surface area contributed by atoms with E-state index in [0.29, 0.717) is 17.9 Å². The molecule has 0 spiro atoms. The van der Waals surface area contributed by atoms with E-state index < -0.39 is 10.8 Å². The normalized spacial score (nSPS) is 14.8. The number of hydrogen-bond acceptors (Lipinski definition) is 3. The largest absolute Gasteiger partial charge is 0.327 e. The molecule has 0 bridgehead atoms. The summed E-state index contributed by atoms with van der Waals surface area (Å²) in [4.78, 5) is 0. The third kappa shape index (κ3) is 7.94. The molecule has 0 amide bonds. The van der Waals surface area contributed by atoms with Crippen molar-refractivity contribution < 1.29 is 4.21 Å². The second-order valence-electron chi connectivity index (χ2n) is 3.09. The fourth-order valence-electron chi connectivity index (χ4n) is 0.907. The Bertz CT molecular complexity index is 189. The molecule has 0 radical (unpaired) electrons. The maximum absolute atomic E-state index is 11.3. The highest BCUT2D eigenvalue weighted by Gasteiger charge is 2.05. The van der Waals surface area contributed by atoms with Crippen molar-refractivity contribution in [2.45, 2.75) is 38.6 Å². The molecule has 0 aromatic carbocycles. The number of nitrogens with zero attached hydrogens (tertiary/aromatic N) is 1. The maximum atomic E-state index is 11.3. The molecular formula is C9H18N2OS. The Kier molecular flexibility index (Phi) is 7.96. The van der Waals surface area contributed by atoms with Gasteiger partial charge >= 0.3 is 0 Å². The molecular weight excluding hydrogens is 184 g/mol. The molecule has 2 N–H and O–H groups in total. The molecule has 0 saturated carbocycles. The zero-order valence-electron chi connectivity index (χ0n) is 8.16. The van der Waals surface area contributed by atoms with Crippen molar-refractivity contribution in [3.8, 4) is 6.07 Å². The van der Waals surface area contributed by atoms with Crippen LogP contribution in [-0.4, -0.2) is 21.8 Å². The molecule has 0 saturated heterocycles. The van der Waals surface area contributed by atoms with E-state index in [0.717, 1.165) is 19.3 Å². The third-order valence-electron chi connectivity index (χ3n) is 1.83. The van der Waals surface area contributed by atoms with Crippen LogP contribution in [0.15, 0.2) is 0 Å². The first kappa shape index (κ1) is 12.6. The first-order chi connectivity index (χ1) is 6.20. The second kappa shape index (κ2) is 8.21. The topological polar surface area (TPSA) is 66.9 Å². The summed E-state index contributed by atoms with van der Waals surface area (Å²) in [6.45, 7) is 2.00. The van der Waals surface area contributed by atoms with Gasteiger partial charge in [0.1, 0.15) is 0 Å². The van der Waals surface area contributed by atoms with Crippen LogP contribution in [0, 0.1) is 11.3 Å². The highest BCUT2D eigenvalue weighted by Crippen LogP contribution is 1.98. The van der Waals surface area contributed by atoms with Gasteiger partial charge in [-0.3, -0.25) is 4.21 Å². The zero-order chi connectivity index (χ0) is 10.1. The number of rotatable bonds is 7. The van der Waals surface area contributed by atoms with E-state index >= 15 is 0 Å². The Hall–Kier alpha value is -0.400. The number of nitrogens with two attached hydrogens (primary N) is 1. The van der Waals surface area contributed by atoms with Crippen molar-refractivity contribution >= 4 is 10.8 Å². The van der Waals surface area contributed by atoms with Gasteiger partial charge in [0.2, 0.25) is 0 Å². The van der Waals surface area contributed by atoms with Crippen LogP contribution in [0.1, 0.15) is 32.6 Å². The van der Waals surface area contributed by atoms with Crippen molar-refractivity contribution in [1.29, 1.82) is 5.26 Å². The van der Waals surface area contributed by atoms with E-state index in [1.54, 1.807) is 0 Å². The number of nitriles is 1. The summed E-state index contributed by atoms with van der Waals surface area (Å²) in [6, 6.07) is 2.14. The monoisotopic (exact) mass is 202 g/mol. The van der Waals surface area contributed by atoms with Gasteiger partial charge in [-0.05, 0) is 19.3 Å². The Morgan fingerprint density at radius 3 is 2.77 bits per heavy atom. The zero-order valence-corrected chi connectivity index (χ0v) is 8.98. The van der Waals surface area contributed by atoms with E-state index in [1.165, 1.54) is 0 Å². The van der Waals surface area contributed by atoms with Crippen LogP contribution in [0.5, 0.6) is 0 Å². The molecule has 0 fully saturated rings. The van der Waals surface area contributed by atoms with Crippen molar-refractivity contribution in [2.75, 3.05) is 11.5 Å². The van der Waals surface area contributed by atoms with Gasteiger partial charge in [0.25, 0.3) is 0 Å². The minimum Gasteiger partial charge on any atom is -0.327 e. The van der Waals surface area contributed by atoms with E-state index in [2.05, 4.69) is 6.07 Å². The first-order valence-electron chi connectivity index (χ1n) is 4.68. The lowest BCUT2D eigenvalue weighted by Gasteiger charge is -2.07. The van der Waals surface area contributed by atoms with Crippen molar-refractivity contribution in [3.63, 3.8) is 0 Å². The maximum Gasteiger partial charge on any atom is 0.0621 e. The summed E-state index contributed by atoms with van der Waals surface area (Å²) < 4.78 is 11.3. The molecule has 3 nitrogen and oxygen atoms in total. The average Bonchev–Trinajstić information content (AvgIpc) is 2.12. The Morgan fingerprint density at radius 1 is 1.54 bits per heavy atom. The second-order valence-corrected chi connectivity index (χ2v) is 4.72. The molecule has 76 valence electrons. The van der Waals surface area contributed by atoms with E-state index in [1.807, 2.05) is 6.92 Å². The molecule has 13 heavy (non-hydrogen) atoms. The fraction of sp³-hybridized carbons (Fsp3) is 0.889. The molecule has 0 rings (SSSR count). The molecule has 0 heterocycles. The van der Waals surface area contributed by atoms with Gasteiger partial charge in [0, 0.05) is 34.8 Å². The molecule has 0 aliphatic rings. The standard InChI is InChI=1S/C9H18N2OS/c1-2-9(11)8-13(12)7-5-3-4-6-10/h9H,2-5,7-8,11H2,1H3. The van der Waals surface area contributed by atoms with Crippen molar-refractivity contribution in [3.05, 3.63) is 0 Å². The number of hydrogen-bond donors (Lipinski definition) is 1. The summed E-state index contributed by atoms with van der Waals surface area (Å²) in [7, 11) is -0.788. The fourth-order valence-corrected chi connectivity index (χ4v) is 2.31. The lowest BCUT2D eigenvalue weighted by atomic mass is 10.3. The molecule has 4 heteroatoms. The minimum atomic E-state index is -0.788. The lowest BCUT2D eigenvalue weighted by molar-refractivity contribution is 0.659. The summed E-state index contributed by atoms with van der Waals surface area (Å²) in [5.41, 5.74) is 5.66. The highest BCUT2D eigenvalue weighted by molar-refractivity contribution is 7.85. The molecule has 2 atom stereocenters. The van der Waals surface area contributed by atoms with Crippen LogP contribution in [0.25, 0.3) is 0 Å². The predicted octanol–water partition coefficient (Wildman–Crippen LogP) is 1.17. The van der Waals surface area contributed by atoms with Crippen molar-refractivity contribution in [2.24, 2.45) is 5.73 Å². The summed E-state index contributed by atoms with van der Waals surface area (Å²) in [6.07, 6.45) is 3.17. The van der Waals surface area contributed by atoms with Gasteiger partial charge in [-0.1, -0.05) is 6.92 Å². The van der Waals surface area contributed by atoms with E-state index in [-0.39, 0.29) is 6.04 Å². The summed E-state index contributed by atoms with van der Waals surface area (Å²) in [5.74, 6) is 1.29. The summed E-state index contributed by atoms with van der Waals surface area (Å²) >= 11 is 0. The van der Waals surface area contributed by atoms with Crippen LogP contribution in [0.2, 0.25) is 0 Å². The smallest absolute Gasteiger partial charge is 0.0621 e. The van der Waals surface area contributed by atoms with Crippen LogP contribution in [0.3, 0.4) is 0 Å². The molecule has 2 unspecified atom stereocenters. The molecule has 0 aliphatic carbocycles. The van der Waals surface area contributed by atoms with Gasteiger partial charge in [-0.15, -0.1) is 0 Å². The number of unbranched alkanes of at least 4 members (excludes halogenated alkanes) is 2. The molecule has 0 aromatic rings. The van der Waals surface area contributed by atoms with Crippen LogP contribution in [-0.2, 0) is 10.8 Å². The van der Waals surface area contributed by atoms with Gasteiger partial charge in [0.05, 0.1) is 6.07 Å². The SMILES string of the molecule is CCC(N)CS(=O)CCCCC#N. The summed E-state index contributed by atoms with van der Waals surface area (Å²) in [5, 5.41) is 8.27. The lowest BCUT2D eigenvalue weighted by Crippen LogP contribution is -2.26. The molecule has 0 aliphatic heterocycles. The minimum absolute atomic E-state index is 0.0665. The third-order valence-corrected chi connectivity index (χ3v) is 3.38. The highest BCUT2D eigenvalue weighted by atomic mass is 32.2. The van der Waals surface area contributed by atoms with Gasteiger partial charge in [0.15, 0.2) is 0 Å². The first-order valence-corrected chi connectivity index (χ1v) is 6.17. The van der Waals surface area contributed by atoms with Gasteiger partial charge in [-0.25, -0.2) is 0 Å². The van der Waals surface area contributed by atoms with E-state index in [4.69, 9.17) is 11.0 Å². The van der Waals surface area contributed by atoms with E-state index in [9.17, 15) is 4.21 Å². The van der Waals surface area contributed by atoms with Crippen LogP contribution < -0.4 is 5.73 Å². The molecule has 0 aromatic heterocycles. The quantitative estimate of drug-likeness (QED) is 0.630. The Balaban J connectivity index is 3.36. The predicted molar refractivity (Wildman–Crippen MR) is 55.6 cm³/mol. The van der Waals surface area contributed by atoms with Crippen LogP contribution >= 0.6 is 0 Å². The van der Waals surface area contributed by atoms with Crippen LogP contribution in [0.4, 0.5) is 0 Å². The Morgan fingerprint density at radius 2 is 2.23 bits per heavy atom. The average molecular weight is 202 g/mol.